The highest BCUT2D eigenvalue weighted by Crippen LogP contribution is 2.12. The first kappa shape index (κ1) is 9.19. The van der Waals surface area contributed by atoms with Gasteiger partial charge < -0.3 is 5.73 Å². The Balaban J connectivity index is 3.09. The monoisotopic (exact) mass is 231 g/mol. The van der Waals surface area contributed by atoms with Crippen molar-refractivity contribution in [1.82, 2.24) is 0 Å². The predicted octanol–water partition coefficient (Wildman–Crippen LogP) is 1.99. The van der Waals surface area contributed by atoms with Gasteiger partial charge in [-0.25, -0.2) is 4.39 Å². The van der Waals surface area contributed by atoms with E-state index in [4.69, 9.17) is 5.73 Å². The Hall–Kier alpha value is -0.900. The molecule has 1 aromatic carbocycles. The van der Waals surface area contributed by atoms with E-state index in [1.807, 2.05) is 0 Å². The van der Waals surface area contributed by atoms with Crippen LogP contribution in [0.5, 0.6) is 0 Å². The fourth-order valence-corrected chi connectivity index (χ4v) is 1.13. The number of nitrogens with two attached hydrogens (primary N) is 1. The van der Waals surface area contributed by atoms with Gasteiger partial charge in [-0.2, -0.15) is 0 Å². The first-order valence-electron chi connectivity index (χ1n) is 3.29. The van der Waals surface area contributed by atoms with Gasteiger partial charge in [0.1, 0.15) is 5.82 Å². The minimum atomic E-state index is -0.570. The smallest absolute Gasteiger partial charge is 0.176 e. The van der Waals surface area contributed by atoms with Crippen molar-refractivity contribution in [1.29, 1.82) is 0 Å². The summed E-state index contributed by atoms with van der Waals surface area (Å²) in [6, 6.07) is 4.02. The molecule has 0 aliphatic rings. The van der Waals surface area contributed by atoms with Crippen LogP contribution in [0.25, 0.3) is 0 Å². The maximum atomic E-state index is 13.0. The molecule has 2 nitrogen and oxygen atoms in total. The van der Waals surface area contributed by atoms with Gasteiger partial charge in [-0.3, -0.25) is 4.79 Å². The van der Waals surface area contributed by atoms with Crippen molar-refractivity contribution >= 4 is 27.4 Å². The Bertz CT molecular complexity index is 314. The second-order valence-electron chi connectivity index (χ2n) is 2.30. The topological polar surface area (TPSA) is 43.1 Å². The molecule has 0 radical (unpaired) electrons. The van der Waals surface area contributed by atoms with Gasteiger partial charge in [-0.05, 0) is 18.2 Å². The zero-order valence-electron chi connectivity index (χ0n) is 6.18. The highest BCUT2D eigenvalue weighted by molar-refractivity contribution is 9.09. The molecule has 0 unspecified atom stereocenters. The number of alkyl halides is 1. The summed E-state index contributed by atoms with van der Waals surface area (Å²) in [5.74, 6) is -0.855. The van der Waals surface area contributed by atoms with Crippen LogP contribution in [0.3, 0.4) is 0 Å². The molecule has 0 aliphatic carbocycles. The molecule has 0 saturated heterocycles. The number of Topliss-reactive ketones (excluding diaryl/α,β-unsaturated/α-hetero) is 1. The van der Waals surface area contributed by atoms with E-state index < -0.39 is 5.82 Å². The van der Waals surface area contributed by atoms with Gasteiger partial charge in [0.05, 0.1) is 10.9 Å². The van der Waals surface area contributed by atoms with Crippen LogP contribution in [0.1, 0.15) is 10.4 Å². The molecule has 12 heavy (non-hydrogen) atoms. The molecule has 0 fully saturated rings. The molecule has 0 atom stereocenters. The van der Waals surface area contributed by atoms with Crippen LogP contribution in [0, 0.1) is 5.82 Å². The molecule has 0 aliphatic heterocycles. The van der Waals surface area contributed by atoms with E-state index in [2.05, 4.69) is 15.9 Å². The van der Waals surface area contributed by atoms with Gasteiger partial charge in [-0.1, -0.05) is 15.9 Å². The molecule has 0 spiro atoms. The van der Waals surface area contributed by atoms with E-state index in [-0.39, 0.29) is 16.7 Å². The van der Waals surface area contributed by atoms with Crippen LogP contribution in [0.2, 0.25) is 0 Å². The Kier molecular flexibility index (Phi) is 2.81. The number of hydrogen-bond acceptors (Lipinski definition) is 2. The van der Waals surface area contributed by atoms with E-state index in [1.165, 1.54) is 12.1 Å². The number of hydrogen-bond donors (Lipinski definition) is 1. The molecule has 0 aromatic heterocycles. The lowest BCUT2D eigenvalue weighted by Crippen LogP contribution is -2.03. The van der Waals surface area contributed by atoms with Crippen molar-refractivity contribution in [2.45, 2.75) is 0 Å². The number of anilines is 1. The summed E-state index contributed by atoms with van der Waals surface area (Å²) in [4.78, 5) is 11.0. The summed E-state index contributed by atoms with van der Waals surface area (Å²) >= 11 is 2.96. The molecule has 64 valence electrons. The first-order valence-corrected chi connectivity index (χ1v) is 4.41. The van der Waals surface area contributed by atoms with Crippen molar-refractivity contribution < 1.29 is 9.18 Å². The first-order chi connectivity index (χ1) is 5.65. The van der Waals surface area contributed by atoms with Crippen LogP contribution >= 0.6 is 15.9 Å². The predicted molar refractivity (Wildman–Crippen MR) is 48.9 cm³/mol. The van der Waals surface area contributed by atoms with Crippen molar-refractivity contribution in [2.24, 2.45) is 0 Å². The number of benzene rings is 1. The van der Waals surface area contributed by atoms with E-state index >= 15 is 0 Å². The lowest BCUT2D eigenvalue weighted by atomic mass is 10.1. The minimum Gasteiger partial charge on any atom is -0.399 e. The molecular weight excluding hydrogens is 225 g/mol. The Labute approximate surface area is 77.7 Å². The quantitative estimate of drug-likeness (QED) is 0.481. The number of carbonyl (C=O) groups excluding carboxylic acids is 1. The maximum absolute atomic E-state index is 13.0. The highest BCUT2D eigenvalue weighted by Gasteiger charge is 2.09. The van der Waals surface area contributed by atoms with Crippen LogP contribution in [0.4, 0.5) is 10.1 Å². The van der Waals surface area contributed by atoms with Crippen molar-refractivity contribution in [2.75, 3.05) is 11.1 Å². The summed E-state index contributed by atoms with van der Waals surface area (Å²) in [6.45, 7) is 0. The Morgan fingerprint density at radius 1 is 1.58 bits per heavy atom. The third-order valence-electron chi connectivity index (χ3n) is 1.41. The molecule has 4 heteroatoms. The standard InChI is InChI=1S/C8H7BrFNO/c9-4-8(12)6-2-1-5(11)3-7(6)10/h1-3H,4,11H2. The van der Waals surface area contributed by atoms with Gasteiger partial charge in [0, 0.05) is 5.69 Å². The molecule has 1 aromatic rings. The van der Waals surface area contributed by atoms with Crippen molar-refractivity contribution in [3.63, 3.8) is 0 Å². The zero-order chi connectivity index (χ0) is 9.14. The summed E-state index contributed by atoms with van der Waals surface area (Å²) in [5.41, 5.74) is 5.69. The number of rotatable bonds is 2. The maximum Gasteiger partial charge on any atom is 0.176 e. The largest absolute Gasteiger partial charge is 0.399 e. The highest BCUT2D eigenvalue weighted by atomic mass is 79.9. The van der Waals surface area contributed by atoms with Crippen molar-refractivity contribution in [3.05, 3.63) is 29.6 Å². The van der Waals surface area contributed by atoms with Gasteiger partial charge >= 0.3 is 0 Å². The molecule has 0 saturated carbocycles. The Morgan fingerprint density at radius 2 is 2.25 bits per heavy atom. The van der Waals surface area contributed by atoms with Gasteiger partial charge in [0.2, 0.25) is 0 Å². The van der Waals surface area contributed by atoms with Crippen LogP contribution in [0.15, 0.2) is 18.2 Å². The molecule has 1 rings (SSSR count). The lowest BCUT2D eigenvalue weighted by molar-refractivity contribution is 0.102. The summed E-state index contributed by atoms with van der Waals surface area (Å²) in [5, 5.41) is 0.119. The number of ketones is 1. The molecule has 0 heterocycles. The van der Waals surface area contributed by atoms with Crippen molar-refractivity contribution in [3.8, 4) is 0 Å². The fraction of sp³-hybridized carbons (Fsp3) is 0.125. The minimum absolute atomic E-state index is 0.0704. The van der Waals surface area contributed by atoms with E-state index in [9.17, 15) is 9.18 Å². The summed E-state index contributed by atoms with van der Waals surface area (Å²) in [7, 11) is 0. The van der Waals surface area contributed by atoms with Gasteiger partial charge in [0.25, 0.3) is 0 Å². The average Bonchev–Trinajstić information content (AvgIpc) is 2.03. The number of halogens is 2. The number of nitrogen functional groups attached to an aromatic ring is 1. The van der Waals surface area contributed by atoms with Crippen LogP contribution < -0.4 is 5.73 Å². The summed E-state index contributed by atoms with van der Waals surface area (Å²) < 4.78 is 13.0. The van der Waals surface area contributed by atoms with Gasteiger partial charge in [-0.15, -0.1) is 0 Å². The second-order valence-corrected chi connectivity index (χ2v) is 2.86. The molecule has 2 N–H and O–H groups in total. The molecular formula is C8H7BrFNO. The third kappa shape index (κ3) is 1.82. The normalized spacial score (nSPS) is 9.83. The SMILES string of the molecule is Nc1ccc(C(=O)CBr)c(F)c1. The average molecular weight is 232 g/mol. The van der Waals surface area contributed by atoms with Crippen LogP contribution in [-0.2, 0) is 0 Å². The van der Waals surface area contributed by atoms with E-state index in [1.54, 1.807) is 0 Å². The second kappa shape index (κ2) is 3.67. The third-order valence-corrected chi connectivity index (χ3v) is 1.92. The van der Waals surface area contributed by atoms with Gasteiger partial charge in [0.15, 0.2) is 5.78 Å². The lowest BCUT2D eigenvalue weighted by Gasteiger charge is -1.99. The Morgan fingerprint density at radius 3 is 2.75 bits per heavy atom. The molecule has 0 amide bonds. The fourth-order valence-electron chi connectivity index (χ4n) is 0.829. The molecule has 0 bridgehead atoms. The van der Waals surface area contributed by atoms with E-state index in [0.29, 0.717) is 5.69 Å². The summed E-state index contributed by atoms with van der Waals surface area (Å²) in [6.07, 6.45) is 0. The van der Waals surface area contributed by atoms with E-state index in [0.717, 1.165) is 6.07 Å². The van der Waals surface area contributed by atoms with Crippen LogP contribution in [-0.4, -0.2) is 11.1 Å². The number of carbonyl (C=O) groups is 1. The zero-order valence-corrected chi connectivity index (χ0v) is 7.77.